The van der Waals surface area contributed by atoms with E-state index in [1.807, 2.05) is 6.26 Å². The first-order valence-electron chi connectivity index (χ1n) is 6.38. The number of carbonyl (C=O) groups excluding carboxylic acids is 1. The number of rotatable bonds is 8. The molecule has 5 nitrogen and oxygen atoms in total. The van der Waals surface area contributed by atoms with Crippen molar-refractivity contribution in [3.8, 4) is 5.75 Å². The number of hydrogen-bond donors (Lipinski definition) is 2. The number of benzene rings is 1. The van der Waals surface area contributed by atoms with Crippen LogP contribution in [0.4, 0.5) is 0 Å². The number of hydrogen-bond acceptors (Lipinski definition) is 4. The first-order chi connectivity index (χ1) is 9.93. The summed E-state index contributed by atoms with van der Waals surface area (Å²) in [7, 11) is 0. The van der Waals surface area contributed by atoms with Gasteiger partial charge in [0.05, 0.1) is 0 Å². The molecule has 1 aromatic carbocycles. The molecule has 7 heteroatoms. The van der Waals surface area contributed by atoms with Crippen molar-refractivity contribution in [3.05, 3.63) is 29.3 Å². The number of thioether (sulfide) groups is 1. The Kier molecular flexibility index (Phi) is 7.39. The van der Waals surface area contributed by atoms with E-state index >= 15 is 0 Å². The lowest BCUT2D eigenvalue weighted by Gasteiger charge is -2.18. The van der Waals surface area contributed by atoms with E-state index in [4.69, 9.17) is 21.4 Å². The van der Waals surface area contributed by atoms with E-state index in [0.717, 1.165) is 0 Å². The molecular weight excluding hydrogens is 314 g/mol. The second-order valence-corrected chi connectivity index (χ2v) is 5.82. The minimum atomic E-state index is -1.05. The zero-order chi connectivity index (χ0) is 15.8. The van der Waals surface area contributed by atoms with Crippen LogP contribution in [0.25, 0.3) is 0 Å². The fraction of sp³-hybridized carbons (Fsp3) is 0.429. The maximum atomic E-state index is 12.0. The van der Waals surface area contributed by atoms with Crippen LogP contribution in [0.2, 0.25) is 5.02 Å². The number of halogens is 1. The smallest absolute Gasteiger partial charge is 0.326 e. The Hall–Kier alpha value is -1.40. The number of carboxylic acid groups (broad SMARTS) is 1. The van der Waals surface area contributed by atoms with Crippen molar-refractivity contribution in [1.82, 2.24) is 5.32 Å². The molecule has 0 saturated carbocycles. The van der Waals surface area contributed by atoms with Crippen molar-refractivity contribution < 1.29 is 19.4 Å². The van der Waals surface area contributed by atoms with Crippen molar-refractivity contribution in [2.24, 2.45) is 0 Å². The lowest BCUT2D eigenvalue weighted by Crippen LogP contribution is -2.46. The number of carbonyl (C=O) groups is 2. The summed E-state index contributed by atoms with van der Waals surface area (Å²) in [6.07, 6.45) is 1.46. The third-order valence-electron chi connectivity index (χ3n) is 2.72. The molecular formula is C14H18ClNO4S. The van der Waals surface area contributed by atoms with E-state index in [-0.39, 0.29) is 0 Å². The van der Waals surface area contributed by atoms with Crippen LogP contribution in [-0.4, -0.2) is 41.1 Å². The van der Waals surface area contributed by atoms with Gasteiger partial charge in [-0.2, -0.15) is 11.8 Å². The van der Waals surface area contributed by atoms with Crippen LogP contribution in [0.5, 0.6) is 5.75 Å². The molecule has 0 saturated heterocycles. The van der Waals surface area contributed by atoms with Gasteiger partial charge in [0.2, 0.25) is 0 Å². The zero-order valence-electron chi connectivity index (χ0n) is 11.8. The second-order valence-electron chi connectivity index (χ2n) is 4.39. The van der Waals surface area contributed by atoms with Crippen LogP contribution in [0.3, 0.4) is 0 Å². The van der Waals surface area contributed by atoms with Crippen molar-refractivity contribution in [3.63, 3.8) is 0 Å². The molecule has 0 aromatic heterocycles. The quantitative estimate of drug-likeness (QED) is 0.765. The van der Waals surface area contributed by atoms with Gasteiger partial charge in [-0.25, -0.2) is 4.79 Å². The van der Waals surface area contributed by atoms with E-state index in [9.17, 15) is 9.59 Å². The first-order valence-corrected chi connectivity index (χ1v) is 8.15. The van der Waals surface area contributed by atoms with Gasteiger partial charge in [0.15, 0.2) is 6.10 Å². The standard InChI is InChI=1S/C14H18ClNO4S/c1-9(20-11-5-3-10(15)4-6-11)13(17)16-12(14(18)19)7-8-21-2/h3-6,9,12H,7-8H2,1-2H3,(H,16,17)(H,18,19). The van der Waals surface area contributed by atoms with Crippen molar-refractivity contribution in [2.75, 3.05) is 12.0 Å². The van der Waals surface area contributed by atoms with E-state index in [2.05, 4.69) is 5.32 Å². The molecule has 0 fully saturated rings. The summed E-state index contributed by atoms with van der Waals surface area (Å²) in [5.41, 5.74) is 0. The molecule has 1 amide bonds. The van der Waals surface area contributed by atoms with Gasteiger partial charge in [-0.15, -0.1) is 0 Å². The maximum absolute atomic E-state index is 12.0. The van der Waals surface area contributed by atoms with Crippen LogP contribution in [0.1, 0.15) is 13.3 Å². The van der Waals surface area contributed by atoms with E-state index in [1.54, 1.807) is 31.2 Å². The van der Waals surface area contributed by atoms with E-state index in [0.29, 0.717) is 22.9 Å². The highest BCUT2D eigenvalue weighted by atomic mass is 35.5. The van der Waals surface area contributed by atoms with Gasteiger partial charge < -0.3 is 15.2 Å². The first kappa shape index (κ1) is 17.7. The number of ether oxygens (including phenoxy) is 1. The monoisotopic (exact) mass is 331 g/mol. The number of carboxylic acids is 1. The Labute approximate surface area is 133 Å². The van der Waals surface area contributed by atoms with Gasteiger partial charge in [-0.05, 0) is 49.6 Å². The molecule has 2 N–H and O–H groups in total. The van der Waals surface area contributed by atoms with Crippen molar-refractivity contribution in [1.29, 1.82) is 0 Å². The van der Waals surface area contributed by atoms with Crippen LogP contribution >= 0.6 is 23.4 Å². The fourth-order valence-corrected chi connectivity index (χ4v) is 2.15. The molecule has 1 aromatic rings. The Balaban J connectivity index is 2.56. The van der Waals surface area contributed by atoms with Crippen LogP contribution in [-0.2, 0) is 9.59 Å². The molecule has 0 bridgehead atoms. The molecule has 1 rings (SSSR count). The molecule has 0 aliphatic carbocycles. The van der Waals surface area contributed by atoms with Crippen molar-refractivity contribution >= 4 is 35.2 Å². The lowest BCUT2D eigenvalue weighted by atomic mass is 10.2. The summed E-state index contributed by atoms with van der Waals surface area (Å²) in [6, 6.07) is 5.70. The Bertz CT molecular complexity index is 480. The molecule has 116 valence electrons. The van der Waals surface area contributed by atoms with Crippen LogP contribution < -0.4 is 10.1 Å². The summed E-state index contributed by atoms with van der Waals surface area (Å²) >= 11 is 7.29. The molecule has 0 aliphatic rings. The third-order valence-corrected chi connectivity index (χ3v) is 3.62. The highest BCUT2D eigenvalue weighted by Gasteiger charge is 2.23. The van der Waals surface area contributed by atoms with Gasteiger partial charge in [0.25, 0.3) is 5.91 Å². The SMILES string of the molecule is CSCCC(NC(=O)C(C)Oc1ccc(Cl)cc1)C(=O)O. The highest BCUT2D eigenvalue weighted by Crippen LogP contribution is 2.16. The molecule has 2 atom stereocenters. The Morgan fingerprint density at radius 1 is 1.38 bits per heavy atom. The summed E-state index contributed by atoms with van der Waals surface area (Å²) in [4.78, 5) is 23.0. The zero-order valence-corrected chi connectivity index (χ0v) is 13.4. The average molecular weight is 332 g/mol. The molecule has 21 heavy (non-hydrogen) atoms. The normalized spacial score (nSPS) is 13.3. The maximum Gasteiger partial charge on any atom is 0.326 e. The molecule has 0 radical (unpaired) electrons. The molecule has 0 aliphatic heterocycles. The van der Waals surface area contributed by atoms with Crippen LogP contribution in [0, 0.1) is 0 Å². The summed E-state index contributed by atoms with van der Waals surface area (Å²) in [5.74, 6) is -0.350. The van der Waals surface area contributed by atoms with E-state index < -0.39 is 24.0 Å². The van der Waals surface area contributed by atoms with Crippen molar-refractivity contribution in [2.45, 2.75) is 25.5 Å². The van der Waals surface area contributed by atoms with E-state index in [1.165, 1.54) is 11.8 Å². The summed E-state index contributed by atoms with van der Waals surface area (Å²) in [5, 5.41) is 12.1. The summed E-state index contributed by atoms with van der Waals surface area (Å²) in [6.45, 7) is 1.57. The summed E-state index contributed by atoms with van der Waals surface area (Å²) < 4.78 is 5.45. The van der Waals surface area contributed by atoms with Gasteiger partial charge >= 0.3 is 5.97 Å². The third kappa shape index (κ3) is 6.27. The fourth-order valence-electron chi connectivity index (χ4n) is 1.55. The Morgan fingerprint density at radius 3 is 2.52 bits per heavy atom. The Morgan fingerprint density at radius 2 is 2.00 bits per heavy atom. The lowest BCUT2D eigenvalue weighted by molar-refractivity contribution is -0.142. The number of aliphatic carboxylic acids is 1. The molecule has 2 unspecified atom stereocenters. The van der Waals surface area contributed by atoms with Gasteiger partial charge in [0, 0.05) is 5.02 Å². The topological polar surface area (TPSA) is 75.6 Å². The number of amides is 1. The van der Waals surface area contributed by atoms with Gasteiger partial charge in [-0.1, -0.05) is 11.6 Å². The predicted molar refractivity (Wildman–Crippen MR) is 84.1 cm³/mol. The van der Waals surface area contributed by atoms with Gasteiger partial charge in [-0.3, -0.25) is 4.79 Å². The minimum absolute atomic E-state index is 0.371. The molecule has 0 heterocycles. The number of nitrogens with one attached hydrogen (secondary N) is 1. The van der Waals surface area contributed by atoms with Gasteiger partial charge in [0.1, 0.15) is 11.8 Å². The molecule has 0 spiro atoms. The minimum Gasteiger partial charge on any atom is -0.481 e. The highest BCUT2D eigenvalue weighted by molar-refractivity contribution is 7.98. The predicted octanol–water partition coefficient (Wildman–Crippen LogP) is 2.43. The van der Waals surface area contributed by atoms with Crippen LogP contribution in [0.15, 0.2) is 24.3 Å². The average Bonchev–Trinajstić information content (AvgIpc) is 2.45. The second kappa shape index (κ2) is 8.79. The largest absolute Gasteiger partial charge is 0.481 e.